The van der Waals surface area contributed by atoms with Crippen LogP contribution in [0, 0.1) is 0 Å². The molecule has 0 aromatic heterocycles. The molecule has 0 amide bonds. The summed E-state index contributed by atoms with van der Waals surface area (Å²) in [7, 11) is 0. The Morgan fingerprint density at radius 3 is 2.65 bits per heavy atom. The normalized spacial score (nSPS) is 14.1. The second kappa shape index (κ2) is 6.66. The standard InChI is InChI=1S/C17H16O3/c1-13(18)16-9-7-14(11-16)8-10-17(19)20-12-15-5-3-2-4-6-15/h2-8,10-11H,9,12H2,1H3/b10-8+. The van der Waals surface area contributed by atoms with E-state index in [1.807, 2.05) is 36.4 Å². The van der Waals surface area contributed by atoms with E-state index in [9.17, 15) is 9.59 Å². The van der Waals surface area contributed by atoms with Crippen LogP contribution in [0.3, 0.4) is 0 Å². The van der Waals surface area contributed by atoms with E-state index < -0.39 is 0 Å². The molecule has 0 radical (unpaired) electrons. The molecule has 0 saturated carbocycles. The fourth-order valence-electron chi connectivity index (χ4n) is 1.85. The molecular weight excluding hydrogens is 252 g/mol. The van der Waals surface area contributed by atoms with Crippen molar-refractivity contribution in [2.24, 2.45) is 0 Å². The number of esters is 1. The van der Waals surface area contributed by atoms with Gasteiger partial charge in [0.15, 0.2) is 5.78 Å². The van der Waals surface area contributed by atoms with Gasteiger partial charge >= 0.3 is 5.97 Å². The van der Waals surface area contributed by atoms with Gasteiger partial charge in [0.05, 0.1) is 0 Å². The van der Waals surface area contributed by atoms with E-state index in [0.29, 0.717) is 6.42 Å². The smallest absolute Gasteiger partial charge is 0.331 e. The van der Waals surface area contributed by atoms with Crippen LogP contribution in [0.25, 0.3) is 0 Å². The van der Waals surface area contributed by atoms with Crippen molar-refractivity contribution in [3.63, 3.8) is 0 Å². The van der Waals surface area contributed by atoms with Gasteiger partial charge in [0.1, 0.15) is 6.61 Å². The van der Waals surface area contributed by atoms with Crippen LogP contribution in [0.4, 0.5) is 0 Å². The maximum Gasteiger partial charge on any atom is 0.331 e. The molecule has 1 aliphatic rings. The van der Waals surface area contributed by atoms with Gasteiger partial charge in [0.25, 0.3) is 0 Å². The monoisotopic (exact) mass is 268 g/mol. The number of benzene rings is 1. The van der Waals surface area contributed by atoms with Crippen molar-refractivity contribution in [3.05, 3.63) is 71.3 Å². The third-order valence-electron chi connectivity index (χ3n) is 2.99. The number of hydrogen-bond acceptors (Lipinski definition) is 3. The molecular formula is C17H16O3. The average Bonchev–Trinajstić information content (AvgIpc) is 2.93. The molecule has 0 atom stereocenters. The van der Waals surface area contributed by atoms with Crippen molar-refractivity contribution in [2.45, 2.75) is 20.0 Å². The van der Waals surface area contributed by atoms with Crippen molar-refractivity contribution in [3.8, 4) is 0 Å². The van der Waals surface area contributed by atoms with E-state index in [0.717, 1.165) is 16.7 Å². The predicted molar refractivity (Wildman–Crippen MR) is 76.8 cm³/mol. The van der Waals surface area contributed by atoms with Crippen LogP contribution in [0.5, 0.6) is 0 Å². The number of Topliss-reactive ketones (excluding diaryl/α,β-unsaturated/α-hetero) is 1. The number of ketones is 1. The summed E-state index contributed by atoms with van der Waals surface area (Å²) in [6.45, 7) is 1.80. The SMILES string of the molecule is CC(=O)C1=CC(/C=C/C(=O)OCc2ccccc2)=CC1. The van der Waals surface area contributed by atoms with E-state index in [1.165, 1.54) is 6.08 Å². The zero-order chi connectivity index (χ0) is 14.4. The van der Waals surface area contributed by atoms with Crippen molar-refractivity contribution in [2.75, 3.05) is 0 Å². The third-order valence-corrected chi connectivity index (χ3v) is 2.99. The summed E-state index contributed by atoms with van der Waals surface area (Å²) >= 11 is 0. The van der Waals surface area contributed by atoms with Crippen LogP contribution >= 0.6 is 0 Å². The topological polar surface area (TPSA) is 43.4 Å². The molecule has 0 aliphatic heterocycles. The zero-order valence-corrected chi connectivity index (χ0v) is 11.3. The Labute approximate surface area is 118 Å². The largest absolute Gasteiger partial charge is 0.458 e. The molecule has 0 saturated heterocycles. The number of carbonyl (C=O) groups is 2. The molecule has 1 aliphatic carbocycles. The van der Waals surface area contributed by atoms with E-state index in [-0.39, 0.29) is 18.4 Å². The lowest BCUT2D eigenvalue weighted by atomic mass is 10.1. The Kier molecular flexibility index (Phi) is 4.66. The van der Waals surface area contributed by atoms with Crippen LogP contribution in [0.1, 0.15) is 18.9 Å². The zero-order valence-electron chi connectivity index (χ0n) is 11.3. The average molecular weight is 268 g/mol. The van der Waals surface area contributed by atoms with Gasteiger partial charge in [-0.1, -0.05) is 36.4 Å². The van der Waals surface area contributed by atoms with Gasteiger partial charge < -0.3 is 4.74 Å². The van der Waals surface area contributed by atoms with Crippen molar-refractivity contribution < 1.29 is 14.3 Å². The van der Waals surface area contributed by atoms with Crippen LogP contribution in [0.15, 0.2) is 65.8 Å². The highest BCUT2D eigenvalue weighted by Crippen LogP contribution is 2.18. The summed E-state index contributed by atoms with van der Waals surface area (Å²) in [5, 5.41) is 0. The molecule has 20 heavy (non-hydrogen) atoms. The molecule has 0 fully saturated rings. The molecule has 0 unspecified atom stereocenters. The molecule has 0 N–H and O–H groups in total. The van der Waals surface area contributed by atoms with Crippen LogP contribution in [0.2, 0.25) is 0 Å². The second-order valence-electron chi connectivity index (χ2n) is 4.56. The summed E-state index contributed by atoms with van der Waals surface area (Å²) in [5.41, 5.74) is 2.59. The molecule has 3 heteroatoms. The van der Waals surface area contributed by atoms with E-state index in [1.54, 1.807) is 19.1 Å². The van der Waals surface area contributed by atoms with Gasteiger partial charge in [-0.3, -0.25) is 4.79 Å². The minimum Gasteiger partial charge on any atom is -0.458 e. The van der Waals surface area contributed by atoms with Crippen LogP contribution < -0.4 is 0 Å². The second-order valence-corrected chi connectivity index (χ2v) is 4.56. The highest BCUT2D eigenvalue weighted by atomic mass is 16.5. The number of rotatable bonds is 5. The molecule has 3 nitrogen and oxygen atoms in total. The van der Waals surface area contributed by atoms with Gasteiger partial charge in [-0.25, -0.2) is 4.79 Å². The Morgan fingerprint density at radius 2 is 2.00 bits per heavy atom. The number of allylic oxidation sites excluding steroid dienone is 5. The van der Waals surface area contributed by atoms with Crippen LogP contribution in [-0.2, 0) is 20.9 Å². The summed E-state index contributed by atoms with van der Waals surface area (Å²) in [6, 6.07) is 9.51. The minimum atomic E-state index is -0.389. The Hall–Kier alpha value is -2.42. The molecule has 0 heterocycles. The third kappa shape index (κ3) is 4.05. The summed E-state index contributed by atoms with van der Waals surface area (Å²) in [4.78, 5) is 22.7. The number of carbonyl (C=O) groups excluding carboxylic acids is 2. The maximum absolute atomic E-state index is 11.6. The molecule has 102 valence electrons. The summed E-state index contributed by atoms with van der Waals surface area (Å²) in [5.74, 6) is -0.323. The first-order chi connectivity index (χ1) is 9.65. The quantitative estimate of drug-likeness (QED) is 0.608. The van der Waals surface area contributed by atoms with Gasteiger partial charge in [0.2, 0.25) is 0 Å². The van der Waals surface area contributed by atoms with Gasteiger partial charge in [0, 0.05) is 6.08 Å². The number of hydrogen-bond donors (Lipinski definition) is 0. The van der Waals surface area contributed by atoms with E-state index in [2.05, 4.69) is 0 Å². The molecule has 1 aromatic carbocycles. The maximum atomic E-state index is 11.6. The van der Waals surface area contributed by atoms with Crippen molar-refractivity contribution in [1.29, 1.82) is 0 Å². The molecule has 2 rings (SSSR count). The van der Waals surface area contributed by atoms with Crippen molar-refractivity contribution >= 4 is 11.8 Å². The minimum absolute atomic E-state index is 0.0660. The molecule has 1 aromatic rings. The summed E-state index contributed by atoms with van der Waals surface area (Å²) < 4.78 is 5.12. The Morgan fingerprint density at radius 1 is 1.25 bits per heavy atom. The van der Waals surface area contributed by atoms with Gasteiger partial charge in [-0.15, -0.1) is 0 Å². The lowest BCUT2D eigenvalue weighted by molar-refractivity contribution is -0.139. The van der Waals surface area contributed by atoms with E-state index in [4.69, 9.17) is 4.74 Å². The predicted octanol–water partition coefficient (Wildman–Crippen LogP) is 3.13. The number of ether oxygens (including phenoxy) is 1. The van der Waals surface area contributed by atoms with E-state index >= 15 is 0 Å². The highest BCUT2D eigenvalue weighted by Gasteiger charge is 2.08. The first kappa shape index (κ1) is 14.0. The highest BCUT2D eigenvalue weighted by molar-refractivity contribution is 5.95. The first-order valence-corrected chi connectivity index (χ1v) is 6.45. The lowest BCUT2D eigenvalue weighted by Gasteiger charge is -2.01. The van der Waals surface area contributed by atoms with Gasteiger partial charge in [-0.2, -0.15) is 0 Å². The molecule has 0 spiro atoms. The van der Waals surface area contributed by atoms with Crippen molar-refractivity contribution in [1.82, 2.24) is 0 Å². The fraction of sp³-hybridized carbons (Fsp3) is 0.176. The molecule has 0 bridgehead atoms. The Bertz CT molecular complexity index is 592. The fourth-order valence-corrected chi connectivity index (χ4v) is 1.85. The summed E-state index contributed by atoms with van der Waals surface area (Å²) in [6.07, 6.45) is 7.40. The lowest BCUT2D eigenvalue weighted by Crippen LogP contribution is -2.00. The Balaban J connectivity index is 1.83. The first-order valence-electron chi connectivity index (χ1n) is 6.45. The van der Waals surface area contributed by atoms with Crippen LogP contribution in [-0.4, -0.2) is 11.8 Å². The van der Waals surface area contributed by atoms with Gasteiger partial charge in [-0.05, 0) is 42.2 Å².